The third kappa shape index (κ3) is 3.59. The van der Waals surface area contributed by atoms with Gasteiger partial charge in [-0.15, -0.1) is 0 Å². The van der Waals surface area contributed by atoms with Crippen LogP contribution in [0, 0.1) is 6.92 Å². The second kappa shape index (κ2) is 6.91. The van der Waals surface area contributed by atoms with Crippen molar-refractivity contribution in [2.75, 3.05) is 19.7 Å². The van der Waals surface area contributed by atoms with Crippen molar-refractivity contribution >= 4 is 5.91 Å². The standard InChI is InChI=1S/C17H22N4O2/c1-3-6-21-11-14(10-19-21)17(22)20-7-8-23-16(12-20)15-5-4-13(2)9-18-15/h4-5,9-11,16H,3,6-8,12H2,1-2H3/t16-/m0/s1. The first-order chi connectivity index (χ1) is 11.2. The quantitative estimate of drug-likeness (QED) is 0.868. The van der Waals surface area contributed by atoms with Gasteiger partial charge in [0.1, 0.15) is 6.10 Å². The second-order valence-electron chi connectivity index (χ2n) is 5.86. The average molecular weight is 314 g/mol. The Bertz CT molecular complexity index is 665. The highest BCUT2D eigenvalue weighted by Gasteiger charge is 2.27. The summed E-state index contributed by atoms with van der Waals surface area (Å²) < 4.78 is 7.60. The van der Waals surface area contributed by atoms with E-state index < -0.39 is 0 Å². The van der Waals surface area contributed by atoms with E-state index in [1.54, 1.807) is 6.20 Å². The molecule has 0 bridgehead atoms. The van der Waals surface area contributed by atoms with E-state index in [9.17, 15) is 4.79 Å². The summed E-state index contributed by atoms with van der Waals surface area (Å²) in [6, 6.07) is 3.98. The summed E-state index contributed by atoms with van der Waals surface area (Å²) in [6.07, 6.45) is 6.12. The maximum absolute atomic E-state index is 12.6. The van der Waals surface area contributed by atoms with Crippen molar-refractivity contribution in [1.82, 2.24) is 19.7 Å². The molecule has 0 aromatic carbocycles. The summed E-state index contributed by atoms with van der Waals surface area (Å²) in [5.41, 5.74) is 2.62. The summed E-state index contributed by atoms with van der Waals surface area (Å²) in [4.78, 5) is 18.9. The monoisotopic (exact) mass is 314 g/mol. The number of ether oxygens (including phenoxy) is 1. The average Bonchev–Trinajstić information content (AvgIpc) is 3.04. The number of rotatable bonds is 4. The zero-order chi connectivity index (χ0) is 16.2. The summed E-state index contributed by atoms with van der Waals surface area (Å²) in [5, 5.41) is 4.23. The van der Waals surface area contributed by atoms with Gasteiger partial charge < -0.3 is 9.64 Å². The molecule has 122 valence electrons. The van der Waals surface area contributed by atoms with E-state index in [4.69, 9.17) is 4.74 Å². The van der Waals surface area contributed by atoms with Crippen LogP contribution in [-0.2, 0) is 11.3 Å². The summed E-state index contributed by atoms with van der Waals surface area (Å²) in [5.74, 6) is 0.00719. The lowest BCUT2D eigenvalue weighted by Crippen LogP contribution is -2.42. The van der Waals surface area contributed by atoms with Crippen LogP contribution < -0.4 is 0 Å². The van der Waals surface area contributed by atoms with Crippen LogP contribution in [0.2, 0.25) is 0 Å². The van der Waals surface area contributed by atoms with Crippen molar-refractivity contribution in [1.29, 1.82) is 0 Å². The molecule has 1 saturated heterocycles. The maximum Gasteiger partial charge on any atom is 0.257 e. The fourth-order valence-electron chi connectivity index (χ4n) is 2.69. The molecule has 23 heavy (non-hydrogen) atoms. The molecule has 0 spiro atoms. The highest BCUT2D eigenvalue weighted by molar-refractivity contribution is 5.93. The zero-order valence-corrected chi connectivity index (χ0v) is 13.6. The van der Waals surface area contributed by atoms with Gasteiger partial charge in [0, 0.05) is 25.5 Å². The lowest BCUT2D eigenvalue weighted by molar-refractivity contribution is -0.0247. The Morgan fingerprint density at radius 2 is 2.26 bits per heavy atom. The van der Waals surface area contributed by atoms with Crippen molar-refractivity contribution in [3.8, 4) is 0 Å². The Kier molecular flexibility index (Phi) is 4.71. The van der Waals surface area contributed by atoms with Crippen LogP contribution in [-0.4, -0.2) is 45.3 Å². The minimum absolute atomic E-state index is 0.00719. The summed E-state index contributed by atoms with van der Waals surface area (Å²) >= 11 is 0. The molecule has 1 atom stereocenters. The first-order valence-corrected chi connectivity index (χ1v) is 8.03. The van der Waals surface area contributed by atoms with Crippen LogP contribution in [0.5, 0.6) is 0 Å². The number of carbonyl (C=O) groups excluding carboxylic acids is 1. The molecule has 0 unspecified atom stereocenters. The lowest BCUT2D eigenvalue weighted by atomic mass is 10.1. The fraction of sp³-hybridized carbons (Fsp3) is 0.471. The SMILES string of the molecule is CCCn1cc(C(=O)N2CCO[C@H](c3ccc(C)cn3)C2)cn1. The topological polar surface area (TPSA) is 60.2 Å². The van der Waals surface area contributed by atoms with Gasteiger partial charge >= 0.3 is 0 Å². The molecule has 3 heterocycles. The normalized spacial score (nSPS) is 18.2. The number of aryl methyl sites for hydroxylation is 2. The predicted molar refractivity (Wildman–Crippen MR) is 86.1 cm³/mol. The van der Waals surface area contributed by atoms with Crippen LogP contribution in [0.3, 0.4) is 0 Å². The van der Waals surface area contributed by atoms with Crippen LogP contribution in [0.15, 0.2) is 30.7 Å². The minimum Gasteiger partial charge on any atom is -0.368 e. The predicted octanol–water partition coefficient (Wildman–Crippen LogP) is 2.21. The molecule has 2 aromatic heterocycles. The Labute approximate surface area is 136 Å². The van der Waals surface area contributed by atoms with E-state index in [2.05, 4.69) is 17.0 Å². The van der Waals surface area contributed by atoms with Gasteiger partial charge in [-0.3, -0.25) is 14.5 Å². The van der Waals surface area contributed by atoms with E-state index >= 15 is 0 Å². The fourth-order valence-corrected chi connectivity index (χ4v) is 2.69. The molecule has 0 saturated carbocycles. The number of morpholine rings is 1. The molecule has 3 rings (SSSR count). The highest BCUT2D eigenvalue weighted by atomic mass is 16.5. The van der Waals surface area contributed by atoms with Crippen molar-refractivity contribution in [2.24, 2.45) is 0 Å². The molecular weight excluding hydrogens is 292 g/mol. The van der Waals surface area contributed by atoms with Gasteiger partial charge in [-0.1, -0.05) is 13.0 Å². The van der Waals surface area contributed by atoms with Gasteiger partial charge in [-0.25, -0.2) is 0 Å². The molecule has 1 fully saturated rings. The number of carbonyl (C=O) groups is 1. The third-order valence-electron chi connectivity index (χ3n) is 3.95. The van der Waals surface area contributed by atoms with Gasteiger partial charge in [-0.2, -0.15) is 5.10 Å². The van der Waals surface area contributed by atoms with Gasteiger partial charge in [0.15, 0.2) is 0 Å². The van der Waals surface area contributed by atoms with E-state index in [0.717, 1.165) is 24.2 Å². The van der Waals surface area contributed by atoms with Crippen molar-refractivity contribution in [3.63, 3.8) is 0 Å². The molecular formula is C17H22N4O2. The molecule has 0 aliphatic carbocycles. The molecule has 6 nitrogen and oxygen atoms in total. The van der Waals surface area contributed by atoms with E-state index in [1.165, 1.54) is 0 Å². The van der Waals surface area contributed by atoms with E-state index in [0.29, 0.717) is 25.3 Å². The summed E-state index contributed by atoms with van der Waals surface area (Å²) in [6.45, 7) is 6.56. The Morgan fingerprint density at radius 3 is 3.00 bits per heavy atom. The number of hydrogen-bond donors (Lipinski definition) is 0. The van der Waals surface area contributed by atoms with Gasteiger partial charge in [0.25, 0.3) is 5.91 Å². The largest absolute Gasteiger partial charge is 0.368 e. The van der Waals surface area contributed by atoms with Crippen molar-refractivity contribution in [3.05, 3.63) is 47.5 Å². The summed E-state index contributed by atoms with van der Waals surface area (Å²) in [7, 11) is 0. The van der Waals surface area contributed by atoms with Crippen LogP contribution in [0.4, 0.5) is 0 Å². The van der Waals surface area contributed by atoms with Gasteiger partial charge in [0.05, 0.1) is 30.6 Å². The van der Waals surface area contributed by atoms with Gasteiger partial charge in [-0.05, 0) is 25.0 Å². The molecule has 2 aromatic rings. The number of nitrogens with zero attached hydrogens (tertiary/aromatic N) is 4. The molecule has 6 heteroatoms. The number of amides is 1. The Hall–Kier alpha value is -2.21. The lowest BCUT2D eigenvalue weighted by Gasteiger charge is -2.32. The van der Waals surface area contributed by atoms with Gasteiger partial charge in [0.2, 0.25) is 0 Å². The second-order valence-corrected chi connectivity index (χ2v) is 5.86. The van der Waals surface area contributed by atoms with E-state index in [-0.39, 0.29) is 12.0 Å². The third-order valence-corrected chi connectivity index (χ3v) is 3.95. The zero-order valence-electron chi connectivity index (χ0n) is 13.6. The minimum atomic E-state index is -0.168. The van der Waals surface area contributed by atoms with Crippen molar-refractivity contribution < 1.29 is 9.53 Å². The van der Waals surface area contributed by atoms with Crippen molar-refractivity contribution in [2.45, 2.75) is 32.9 Å². The van der Waals surface area contributed by atoms with Crippen LogP contribution in [0.1, 0.15) is 41.1 Å². The number of pyridine rings is 1. The first kappa shape index (κ1) is 15.7. The smallest absolute Gasteiger partial charge is 0.257 e. The maximum atomic E-state index is 12.6. The number of hydrogen-bond acceptors (Lipinski definition) is 4. The Morgan fingerprint density at radius 1 is 1.39 bits per heavy atom. The Balaban J connectivity index is 1.69. The van der Waals surface area contributed by atoms with Crippen LogP contribution >= 0.6 is 0 Å². The molecule has 1 aliphatic heterocycles. The van der Waals surface area contributed by atoms with Crippen LogP contribution in [0.25, 0.3) is 0 Å². The molecule has 1 amide bonds. The van der Waals surface area contributed by atoms with E-state index in [1.807, 2.05) is 41.0 Å². The molecule has 0 N–H and O–H groups in total. The number of aromatic nitrogens is 3. The highest BCUT2D eigenvalue weighted by Crippen LogP contribution is 2.22. The molecule has 1 aliphatic rings. The first-order valence-electron chi connectivity index (χ1n) is 8.03. The molecule has 0 radical (unpaired) electrons.